The molecule has 0 bridgehead atoms. The first-order valence-corrected chi connectivity index (χ1v) is 5.85. The number of rotatable bonds is 1. The van der Waals surface area contributed by atoms with E-state index in [1.54, 1.807) is 6.92 Å². The first-order valence-electron chi connectivity index (χ1n) is 5.05. The van der Waals surface area contributed by atoms with E-state index in [1.807, 2.05) is 0 Å². The average molecular weight is 314 g/mol. The van der Waals surface area contributed by atoms with Crippen molar-refractivity contribution in [1.29, 1.82) is 0 Å². The van der Waals surface area contributed by atoms with E-state index in [0.717, 1.165) is 0 Å². The summed E-state index contributed by atoms with van der Waals surface area (Å²) in [7, 11) is 1.18. The monoisotopic (exact) mass is 313 g/mol. The second-order valence-electron chi connectivity index (χ2n) is 3.76. The number of pyridine rings is 1. The van der Waals surface area contributed by atoms with Gasteiger partial charge in [0.1, 0.15) is 11.4 Å². The third-order valence-corrected chi connectivity index (χ3v) is 3.43. The van der Waals surface area contributed by atoms with Crippen LogP contribution in [0.4, 0.5) is 4.39 Å². The molecule has 18 heavy (non-hydrogen) atoms. The van der Waals surface area contributed by atoms with Crippen molar-refractivity contribution in [3.63, 3.8) is 0 Å². The molecule has 0 aliphatic carbocycles. The Morgan fingerprint density at radius 2 is 2.17 bits per heavy atom. The van der Waals surface area contributed by atoms with Crippen molar-refractivity contribution in [3.8, 4) is 0 Å². The summed E-state index contributed by atoms with van der Waals surface area (Å²) < 4.78 is 18.1. The molecule has 2 rings (SSSR count). The van der Waals surface area contributed by atoms with Crippen LogP contribution < -0.4 is 5.43 Å². The highest BCUT2D eigenvalue weighted by Gasteiger charge is 2.18. The molecule has 0 amide bonds. The second-order valence-corrected chi connectivity index (χ2v) is 4.56. The molecule has 94 valence electrons. The van der Waals surface area contributed by atoms with Crippen LogP contribution in [0, 0.1) is 12.7 Å². The fraction of sp³-hybridized carbons (Fsp3) is 0.167. The van der Waals surface area contributed by atoms with Crippen LogP contribution in [0.1, 0.15) is 15.9 Å². The molecule has 1 N–H and O–H groups in total. The summed E-state index contributed by atoms with van der Waals surface area (Å²) in [6, 6.07) is 1.31. The van der Waals surface area contributed by atoms with Crippen LogP contribution in [-0.2, 0) is 4.74 Å². The number of H-pyrrole nitrogens is 1. The van der Waals surface area contributed by atoms with Crippen molar-refractivity contribution in [1.82, 2.24) is 4.98 Å². The Hall–Kier alpha value is -1.69. The molecule has 0 saturated carbocycles. The molecule has 0 aliphatic rings. The van der Waals surface area contributed by atoms with Crippen molar-refractivity contribution in [2.24, 2.45) is 0 Å². The highest BCUT2D eigenvalue weighted by molar-refractivity contribution is 9.10. The maximum Gasteiger partial charge on any atom is 0.343 e. The normalized spacial score (nSPS) is 10.7. The molecule has 1 heterocycles. The van der Waals surface area contributed by atoms with Crippen molar-refractivity contribution in [2.75, 3.05) is 7.11 Å². The highest BCUT2D eigenvalue weighted by atomic mass is 79.9. The van der Waals surface area contributed by atoms with E-state index < -0.39 is 17.2 Å². The zero-order chi connectivity index (χ0) is 13.4. The molecule has 1 aromatic heterocycles. The second kappa shape index (κ2) is 4.53. The van der Waals surface area contributed by atoms with Crippen LogP contribution in [-0.4, -0.2) is 18.1 Å². The quantitative estimate of drug-likeness (QED) is 0.823. The lowest BCUT2D eigenvalue weighted by Crippen LogP contribution is -2.18. The topological polar surface area (TPSA) is 59.2 Å². The Labute approximate surface area is 110 Å². The zero-order valence-corrected chi connectivity index (χ0v) is 11.2. The van der Waals surface area contributed by atoms with Gasteiger partial charge in [-0.25, -0.2) is 9.18 Å². The van der Waals surface area contributed by atoms with Gasteiger partial charge in [-0.15, -0.1) is 0 Å². The molecule has 0 spiro atoms. The van der Waals surface area contributed by atoms with Crippen LogP contribution in [0.3, 0.4) is 0 Å². The third kappa shape index (κ3) is 1.82. The van der Waals surface area contributed by atoms with Gasteiger partial charge >= 0.3 is 5.97 Å². The van der Waals surface area contributed by atoms with Crippen LogP contribution >= 0.6 is 15.9 Å². The van der Waals surface area contributed by atoms with Crippen molar-refractivity contribution in [2.45, 2.75) is 6.92 Å². The van der Waals surface area contributed by atoms with Crippen LogP contribution in [0.15, 0.2) is 21.5 Å². The molecule has 0 saturated heterocycles. The summed E-state index contributed by atoms with van der Waals surface area (Å²) in [5.74, 6) is -1.31. The number of nitrogens with one attached hydrogen (secondary N) is 1. The predicted octanol–water partition coefficient (Wildman–Crippen LogP) is 2.52. The van der Waals surface area contributed by atoms with E-state index in [0.29, 0.717) is 11.1 Å². The molecule has 0 unspecified atom stereocenters. The van der Waals surface area contributed by atoms with E-state index in [1.165, 1.54) is 19.4 Å². The van der Waals surface area contributed by atoms with Gasteiger partial charge in [0.05, 0.1) is 22.5 Å². The highest BCUT2D eigenvalue weighted by Crippen LogP contribution is 2.26. The maximum absolute atomic E-state index is 13.6. The predicted molar refractivity (Wildman–Crippen MR) is 68.3 cm³/mol. The molecular weight excluding hydrogens is 305 g/mol. The average Bonchev–Trinajstić information content (AvgIpc) is 2.35. The zero-order valence-electron chi connectivity index (χ0n) is 9.64. The maximum atomic E-state index is 13.6. The van der Waals surface area contributed by atoms with E-state index >= 15 is 0 Å². The van der Waals surface area contributed by atoms with E-state index in [2.05, 4.69) is 25.7 Å². The molecule has 0 atom stereocenters. The fourth-order valence-corrected chi connectivity index (χ4v) is 2.25. The lowest BCUT2D eigenvalue weighted by molar-refractivity contribution is 0.0599. The summed E-state index contributed by atoms with van der Waals surface area (Å²) >= 11 is 3.02. The summed E-state index contributed by atoms with van der Waals surface area (Å²) in [4.78, 5) is 26.4. The van der Waals surface area contributed by atoms with Gasteiger partial charge in [0.15, 0.2) is 0 Å². The Kier molecular flexibility index (Phi) is 3.21. The molecule has 0 fully saturated rings. The molecule has 4 nitrogen and oxygen atoms in total. The van der Waals surface area contributed by atoms with Crippen LogP contribution in [0.5, 0.6) is 0 Å². The number of methoxy groups -OCH3 is 1. The van der Waals surface area contributed by atoms with Crippen molar-refractivity contribution >= 4 is 32.8 Å². The van der Waals surface area contributed by atoms with Gasteiger partial charge < -0.3 is 9.72 Å². The molecule has 0 aliphatic heterocycles. The molecule has 1 aromatic carbocycles. The largest absolute Gasteiger partial charge is 0.465 e. The number of hydrogen-bond donors (Lipinski definition) is 1. The number of aryl methyl sites for hydroxylation is 1. The van der Waals surface area contributed by atoms with Gasteiger partial charge in [-0.05, 0) is 34.5 Å². The number of hydrogen-bond acceptors (Lipinski definition) is 3. The molecule has 2 aromatic rings. The van der Waals surface area contributed by atoms with Gasteiger partial charge in [0, 0.05) is 6.20 Å². The number of ether oxygens (including phenoxy) is 1. The number of halogens is 2. The number of carbonyl (C=O) groups excluding carboxylic acids is 1. The van der Waals surface area contributed by atoms with Gasteiger partial charge in [-0.1, -0.05) is 0 Å². The SMILES string of the molecule is COC(=O)c1c[nH]c2c(C)cc(F)c(Br)c2c1=O. The van der Waals surface area contributed by atoms with Gasteiger partial charge in [0.25, 0.3) is 0 Å². The summed E-state index contributed by atoms with van der Waals surface area (Å²) in [5, 5.41) is 0.107. The summed E-state index contributed by atoms with van der Waals surface area (Å²) in [6.45, 7) is 1.67. The third-order valence-electron chi connectivity index (χ3n) is 2.65. The minimum Gasteiger partial charge on any atom is -0.465 e. The van der Waals surface area contributed by atoms with E-state index in [9.17, 15) is 14.0 Å². The Morgan fingerprint density at radius 3 is 2.78 bits per heavy atom. The fourth-order valence-electron chi connectivity index (χ4n) is 1.76. The van der Waals surface area contributed by atoms with Crippen molar-refractivity contribution < 1.29 is 13.9 Å². The first kappa shape index (κ1) is 12.8. The van der Waals surface area contributed by atoms with Crippen LogP contribution in [0.2, 0.25) is 0 Å². The van der Waals surface area contributed by atoms with Gasteiger partial charge in [-0.3, -0.25) is 4.79 Å². The lowest BCUT2D eigenvalue weighted by atomic mass is 10.1. The van der Waals surface area contributed by atoms with Gasteiger partial charge in [-0.2, -0.15) is 0 Å². The number of esters is 1. The molecular formula is C12H9BrFNO3. The minimum absolute atomic E-state index is 0.0371. The Bertz CT molecular complexity index is 709. The number of benzene rings is 1. The van der Waals surface area contributed by atoms with Crippen molar-refractivity contribution in [3.05, 3.63) is 43.9 Å². The standard InChI is InChI=1S/C12H9BrFNO3/c1-5-3-7(14)9(13)8-10(5)15-4-6(11(8)16)12(17)18-2/h3-4H,1-2H3,(H,15,16). The van der Waals surface area contributed by atoms with E-state index in [-0.39, 0.29) is 15.4 Å². The molecule has 6 heteroatoms. The van der Waals surface area contributed by atoms with Crippen LogP contribution in [0.25, 0.3) is 10.9 Å². The van der Waals surface area contributed by atoms with E-state index in [4.69, 9.17) is 0 Å². The number of aromatic amines is 1. The number of aromatic nitrogens is 1. The smallest absolute Gasteiger partial charge is 0.343 e. The number of carbonyl (C=O) groups is 1. The Morgan fingerprint density at radius 1 is 1.50 bits per heavy atom. The lowest BCUT2D eigenvalue weighted by Gasteiger charge is -2.07. The minimum atomic E-state index is -0.757. The first-order chi connectivity index (χ1) is 8.47. The Balaban J connectivity index is 2.94. The number of fused-ring (bicyclic) bond motifs is 1. The van der Waals surface area contributed by atoms with Gasteiger partial charge in [0.2, 0.25) is 5.43 Å². The summed E-state index contributed by atoms with van der Waals surface area (Å²) in [6.07, 6.45) is 1.27. The summed E-state index contributed by atoms with van der Waals surface area (Å²) in [5.41, 5.74) is 0.348. The molecule has 0 radical (unpaired) electrons.